The topological polar surface area (TPSA) is 18.5 Å². The highest BCUT2D eigenvalue weighted by molar-refractivity contribution is 5.81. The summed E-state index contributed by atoms with van der Waals surface area (Å²) in [7, 11) is 0. The van der Waals surface area contributed by atoms with E-state index in [2.05, 4.69) is 118 Å². The molecule has 2 rings (SSSR count). The van der Waals surface area contributed by atoms with Crippen LogP contribution >= 0.6 is 0 Å². The van der Waals surface area contributed by atoms with Crippen LogP contribution in [0.25, 0.3) is 17.2 Å². The summed E-state index contributed by atoms with van der Waals surface area (Å²) in [5.41, 5.74) is 5.04. The quantitative estimate of drug-likeness (QED) is 0.246. The number of hydrogen-bond acceptors (Lipinski definition) is 2. The maximum Gasteiger partial charge on any atom is 0.127 e. The van der Waals surface area contributed by atoms with E-state index < -0.39 is 0 Å². The molecular weight excluding hydrogens is 464 g/mol. The molecule has 2 aromatic rings. The zero-order valence-electron chi connectivity index (χ0n) is 26.2. The highest BCUT2D eigenvalue weighted by Gasteiger charge is 2.20. The number of rotatable bonds is 14. The zero-order valence-corrected chi connectivity index (χ0v) is 26.2. The highest BCUT2D eigenvalue weighted by atomic mass is 16.5. The van der Waals surface area contributed by atoms with Crippen molar-refractivity contribution in [3.05, 3.63) is 53.6 Å². The van der Waals surface area contributed by atoms with Crippen molar-refractivity contribution in [3.8, 4) is 22.6 Å². The van der Waals surface area contributed by atoms with Gasteiger partial charge in [0.2, 0.25) is 0 Å². The average Bonchev–Trinajstić information content (AvgIpc) is 2.87. The lowest BCUT2D eigenvalue weighted by molar-refractivity contribution is 0.178. The Morgan fingerprint density at radius 1 is 0.711 bits per heavy atom. The van der Waals surface area contributed by atoms with Crippen LogP contribution in [-0.4, -0.2) is 12.2 Å². The summed E-state index contributed by atoms with van der Waals surface area (Å²) in [6.07, 6.45) is 14.0. The van der Waals surface area contributed by atoms with E-state index in [4.69, 9.17) is 9.47 Å². The number of benzene rings is 2. The van der Waals surface area contributed by atoms with Gasteiger partial charge in [-0.15, -0.1) is 0 Å². The summed E-state index contributed by atoms with van der Waals surface area (Å²) in [5.74, 6) is 1.89. The molecule has 0 fully saturated rings. The van der Waals surface area contributed by atoms with E-state index in [1.807, 2.05) is 0 Å². The van der Waals surface area contributed by atoms with Gasteiger partial charge in [0.25, 0.3) is 0 Å². The normalized spacial score (nSPS) is 14.1. The van der Waals surface area contributed by atoms with Gasteiger partial charge in [-0.25, -0.2) is 0 Å². The van der Waals surface area contributed by atoms with Crippen molar-refractivity contribution in [1.82, 2.24) is 0 Å². The molecule has 2 atom stereocenters. The second kappa shape index (κ2) is 14.8. The van der Waals surface area contributed by atoms with Gasteiger partial charge in [0.15, 0.2) is 0 Å². The van der Waals surface area contributed by atoms with Crippen molar-refractivity contribution >= 4 is 6.08 Å². The van der Waals surface area contributed by atoms with Crippen LogP contribution in [-0.2, 0) is 5.41 Å². The van der Waals surface area contributed by atoms with Crippen LogP contribution in [0, 0.1) is 5.41 Å². The van der Waals surface area contributed by atoms with E-state index in [-0.39, 0.29) is 23.0 Å². The molecule has 0 saturated carbocycles. The van der Waals surface area contributed by atoms with Gasteiger partial charge in [-0.2, -0.15) is 0 Å². The van der Waals surface area contributed by atoms with Crippen LogP contribution in [0.3, 0.4) is 0 Å². The zero-order chi connectivity index (χ0) is 28.3. The van der Waals surface area contributed by atoms with Crippen molar-refractivity contribution in [1.29, 1.82) is 0 Å². The lowest BCUT2D eigenvalue weighted by Gasteiger charge is -2.25. The maximum atomic E-state index is 6.75. The van der Waals surface area contributed by atoms with Crippen LogP contribution in [0.15, 0.2) is 42.5 Å². The summed E-state index contributed by atoms with van der Waals surface area (Å²) in [5, 5.41) is 0. The number of ether oxygens (including phenoxy) is 2. The molecule has 38 heavy (non-hydrogen) atoms. The molecule has 0 aliphatic carbocycles. The fraction of sp³-hybridized carbons (Fsp3) is 0.611. The van der Waals surface area contributed by atoms with Crippen LogP contribution in [0.5, 0.6) is 11.5 Å². The molecular formula is C36H56O2. The first-order valence-corrected chi connectivity index (χ1v) is 15.2. The van der Waals surface area contributed by atoms with E-state index in [0.29, 0.717) is 0 Å². The summed E-state index contributed by atoms with van der Waals surface area (Å²) in [6, 6.07) is 13.4. The average molecular weight is 521 g/mol. The first kappa shape index (κ1) is 32.0. The van der Waals surface area contributed by atoms with Crippen molar-refractivity contribution in [2.75, 3.05) is 0 Å². The van der Waals surface area contributed by atoms with Gasteiger partial charge in [0.05, 0.1) is 12.2 Å². The SMILES string of the molecule is CCCCC(CC)Oc1ccc(OC(CC)CCCC)c(-c2cc(C(C)(C)C)ccc2C=CC(C)(C)C)c1. The third-order valence-corrected chi connectivity index (χ3v) is 7.19. The molecule has 212 valence electrons. The first-order valence-electron chi connectivity index (χ1n) is 15.2. The molecule has 0 aliphatic rings. The largest absolute Gasteiger partial charge is 0.490 e. The Morgan fingerprint density at radius 3 is 1.84 bits per heavy atom. The fourth-order valence-electron chi connectivity index (χ4n) is 4.57. The minimum atomic E-state index is 0.0523. The smallest absolute Gasteiger partial charge is 0.127 e. The Hall–Kier alpha value is -2.22. The van der Waals surface area contributed by atoms with E-state index in [0.717, 1.165) is 42.7 Å². The van der Waals surface area contributed by atoms with Crippen LogP contribution in [0.4, 0.5) is 0 Å². The molecule has 2 heteroatoms. The van der Waals surface area contributed by atoms with Gasteiger partial charge < -0.3 is 9.47 Å². The molecule has 2 aromatic carbocycles. The monoisotopic (exact) mass is 520 g/mol. The molecule has 0 heterocycles. The van der Waals surface area contributed by atoms with Gasteiger partial charge in [0.1, 0.15) is 11.5 Å². The lowest BCUT2D eigenvalue weighted by Crippen LogP contribution is -2.17. The molecule has 0 N–H and O–H groups in total. The molecule has 0 radical (unpaired) electrons. The van der Waals surface area contributed by atoms with Gasteiger partial charge in [-0.05, 0) is 77.5 Å². The lowest BCUT2D eigenvalue weighted by atomic mass is 9.83. The van der Waals surface area contributed by atoms with Crippen LogP contribution < -0.4 is 9.47 Å². The fourth-order valence-corrected chi connectivity index (χ4v) is 4.57. The Kier molecular flexibility index (Phi) is 12.5. The number of hydrogen-bond donors (Lipinski definition) is 0. The Balaban J connectivity index is 2.69. The molecule has 0 spiro atoms. The number of unbranched alkanes of at least 4 members (excludes halogenated alkanes) is 2. The van der Waals surface area contributed by atoms with E-state index in [9.17, 15) is 0 Å². The van der Waals surface area contributed by atoms with E-state index in [1.165, 1.54) is 42.4 Å². The molecule has 0 bridgehead atoms. The first-order chi connectivity index (χ1) is 17.9. The standard InChI is InChI=1S/C36H56O2/c1-11-15-17-29(13-3)37-31-21-22-34(38-30(14-4)18-16-12-2)33(26-31)32-25-28(36(8,9)10)20-19-27(32)23-24-35(5,6)7/h19-26,29-30H,11-18H2,1-10H3. The van der Waals surface area contributed by atoms with Gasteiger partial charge >= 0.3 is 0 Å². The molecule has 0 aliphatic heterocycles. The predicted molar refractivity (Wildman–Crippen MR) is 168 cm³/mol. The number of allylic oxidation sites excluding steroid dienone is 1. The van der Waals surface area contributed by atoms with Crippen molar-refractivity contribution in [3.63, 3.8) is 0 Å². The summed E-state index contributed by atoms with van der Waals surface area (Å²) >= 11 is 0. The van der Waals surface area contributed by atoms with Gasteiger partial charge in [-0.1, -0.05) is 119 Å². The third-order valence-electron chi connectivity index (χ3n) is 7.19. The Morgan fingerprint density at radius 2 is 1.32 bits per heavy atom. The summed E-state index contributed by atoms with van der Waals surface area (Å²) in [4.78, 5) is 0. The van der Waals surface area contributed by atoms with Crippen molar-refractivity contribution in [2.24, 2.45) is 5.41 Å². The third kappa shape index (κ3) is 10.2. The minimum absolute atomic E-state index is 0.0523. The van der Waals surface area contributed by atoms with Crippen LogP contribution in [0.1, 0.15) is 132 Å². The summed E-state index contributed by atoms with van der Waals surface area (Å²) < 4.78 is 13.3. The van der Waals surface area contributed by atoms with Crippen molar-refractivity contribution in [2.45, 2.75) is 138 Å². The predicted octanol–water partition coefficient (Wildman–Crippen LogP) is 11.4. The second-order valence-electron chi connectivity index (χ2n) is 13.0. The van der Waals surface area contributed by atoms with E-state index >= 15 is 0 Å². The van der Waals surface area contributed by atoms with E-state index in [1.54, 1.807) is 0 Å². The summed E-state index contributed by atoms with van der Waals surface area (Å²) in [6.45, 7) is 22.5. The second-order valence-corrected chi connectivity index (χ2v) is 13.0. The van der Waals surface area contributed by atoms with Gasteiger partial charge in [-0.3, -0.25) is 0 Å². The molecule has 0 aromatic heterocycles. The van der Waals surface area contributed by atoms with Crippen molar-refractivity contribution < 1.29 is 9.47 Å². The molecule has 0 saturated heterocycles. The highest BCUT2D eigenvalue weighted by Crippen LogP contribution is 2.40. The van der Waals surface area contributed by atoms with Crippen LogP contribution in [0.2, 0.25) is 0 Å². The Labute approximate surface area is 235 Å². The molecule has 0 amide bonds. The Bertz CT molecular complexity index is 1000. The molecule has 2 unspecified atom stereocenters. The maximum absolute atomic E-state index is 6.75. The van der Waals surface area contributed by atoms with Gasteiger partial charge in [0, 0.05) is 5.56 Å². The molecule has 2 nitrogen and oxygen atoms in total. The minimum Gasteiger partial charge on any atom is -0.490 e.